The third-order valence-corrected chi connectivity index (χ3v) is 6.68. The summed E-state index contributed by atoms with van der Waals surface area (Å²) in [4.78, 5) is 34.0. The largest absolute Gasteiger partial charge is 0.325 e. The van der Waals surface area contributed by atoms with Crippen LogP contribution < -0.4 is 10.6 Å². The summed E-state index contributed by atoms with van der Waals surface area (Å²) < 4.78 is 25.5. The van der Waals surface area contributed by atoms with Gasteiger partial charge in [0.2, 0.25) is 21.8 Å². The molecule has 0 saturated carbocycles. The molecule has 0 aliphatic rings. The maximum atomic E-state index is 12.9. The predicted molar refractivity (Wildman–Crippen MR) is 129 cm³/mol. The zero-order chi connectivity index (χ0) is 24.9. The summed E-state index contributed by atoms with van der Waals surface area (Å²) >= 11 is 0. The minimum Gasteiger partial charge on any atom is -0.325 e. The van der Waals surface area contributed by atoms with Crippen molar-refractivity contribution < 1.29 is 18.0 Å². The molecule has 3 rings (SSSR count). The van der Waals surface area contributed by atoms with Crippen molar-refractivity contribution in [1.82, 2.24) is 14.3 Å². The smallest absolute Gasteiger partial charge is 0.242 e. The van der Waals surface area contributed by atoms with Crippen LogP contribution in [-0.4, -0.2) is 54.3 Å². The normalized spacial score (nSPS) is 12.1. The number of aromatic nitrogens is 2. The Labute approximate surface area is 197 Å². The van der Waals surface area contributed by atoms with Gasteiger partial charge in [-0.15, -0.1) is 0 Å². The number of hydrogen-bond donors (Lipinski definition) is 3. The van der Waals surface area contributed by atoms with Gasteiger partial charge in [-0.05, 0) is 43.3 Å². The third kappa shape index (κ3) is 5.69. The Morgan fingerprint density at radius 3 is 2.18 bits per heavy atom. The lowest BCUT2D eigenvalue weighted by molar-refractivity contribution is -0.126. The van der Waals surface area contributed by atoms with Gasteiger partial charge in [-0.1, -0.05) is 12.1 Å². The van der Waals surface area contributed by atoms with Crippen molar-refractivity contribution >= 4 is 38.9 Å². The minimum atomic E-state index is -3.61. The molecule has 11 heteroatoms. The number of rotatable bonds is 8. The van der Waals surface area contributed by atoms with Crippen molar-refractivity contribution in [2.75, 3.05) is 24.7 Å². The van der Waals surface area contributed by atoms with E-state index in [1.807, 2.05) is 6.07 Å². The van der Waals surface area contributed by atoms with Crippen LogP contribution in [0.15, 0.2) is 72.0 Å². The zero-order valence-corrected chi connectivity index (χ0v) is 19.6. The van der Waals surface area contributed by atoms with Crippen molar-refractivity contribution in [3.05, 3.63) is 67.1 Å². The fraction of sp³-hybridized carbons (Fsp3) is 0.174. The van der Waals surface area contributed by atoms with Gasteiger partial charge in [0, 0.05) is 49.1 Å². The number of hydrogen-bond acceptors (Lipinski definition) is 7. The summed E-state index contributed by atoms with van der Waals surface area (Å²) in [5.41, 5.74) is 1.94. The van der Waals surface area contributed by atoms with Gasteiger partial charge in [-0.3, -0.25) is 19.6 Å². The van der Waals surface area contributed by atoms with E-state index in [9.17, 15) is 18.0 Å². The molecule has 176 valence electrons. The van der Waals surface area contributed by atoms with Crippen LogP contribution in [0, 0.1) is 11.3 Å². The van der Waals surface area contributed by atoms with Gasteiger partial charge in [0.05, 0.1) is 16.8 Å². The molecule has 0 spiro atoms. The standard InChI is InChI=1S/C23H24N6O4S/c1-15(24)21(22(30)27-17-7-9-19(10-8-17)34(32,33)29(2)3)23(31)28-18-6-4-5-16(13-18)20-14-25-11-12-26-20/h4-14,21,24H,1-3H3,(H,27,30)(H,28,31). The van der Waals surface area contributed by atoms with E-state index in [0.29, 0.717) is 17.1 Å². The highest BCUT2D eigenvalue weighted by molar-refractivity contribution is 7.89. The lowest BCUT2D eigenvalue weighted by Gasteiger charge is -2.17. The monoisotopic (exact) mass is 480 g/mol. The number of benzene rings is 2. The topological polar surface area (TPSA) is 145 Å². The maximum absolute atomic E-state index is 12.9. The van der Waals surface area contributed by atoms with E-state index in [-0.39, 0.29) is 10.6 Å². The zero-order valence-electron chi connectivity index (χ0n) is 18.8. The Bertz CT molecular complexity index is 1310. The lowest BCUT2D eigenvalue weighted by atomic mass is 10.0. The summed E-state index contributed by atoms with van der Waals surface area (Å²) in [5.74, 6) is -2.77. The molecule has 10 nitrogen and oxygen atoms in total. The van der Waals surface area contributed by atoms with Crippen LogP contribution in [0.25, 0.3) is 11.3 Å². The fourth-order valence-electron chi connectivity index (χ4n) is 3.07. The van der Waals surface area contributed by atoms with E-state index < -0.39 is 27.8 Å². The van der Waals surface area contributed by atoms with Crippen molar-refractivity contribution in [3.8, 4) is 11.3 Å². The van der Waals surface area contributed by atoms with Crippen LogP contribution in [0.3, 0.4) is 0 Å². The first kappa shape index (κ1) is 24.7. The first-order valence-electron chi connectivity index (χ1n) is 10.2. The summed E-state index contributed by atoms with van der Waals surface area (Å²) in [6, 6.07) is 12.5. The minimum absolute atomic E-state index is 0.0658. The number of nitrogens with zero attached hydrogens (tertiary/aromatic N) is 3. The fourth-order valence-corrected chi connectivity index (χ4v) is 3.97. The molecule has 0 aliphatic carbocycles. The van der Waals surface area contributed by atoms with E-state index in [1.54, 1.807) is 36.8 Å². The van der Waals surface area contributed by atoms with Crippen molar-refractivity contribution in [2.45, 2.75) is 11.8 Å². The van der Waals surface area contributed by atoms with E-state index in [1.165, 1.54) is 45.3 Å². The average Bonchev–Trinajstić information content (AvgIpc) is 2.80. The molecule has 0 radical (unpaired) electrons. The van der Waals surface area contributed by atoms with Gasteiger partial charge in [0.25, 0.3) is 0 Å². The average molecular weight is 481 g/mol. The van der Waals surface area contributed by atoms with Crippen molar-refractivity contribution in [2.24, 2.45) is 5.92 Å². The summed E-state index contributed by atoms with van der Waals surface area (Å²) in [6.45, 7) is 1.37. The number of carbonyl (C=O) groups is 2. The highest BCUT2D eigenvalue weighted by Crippen LogP contribution is 2.21. The second-order valence-electron chi connectivity index (χ2n) is 7.58. The Kier molecular flexibility index (Phi) is 7.49. The van der Waals surface area contributed by atoms with Crippen LogP contribution in [0.2, 0.25) is 0 Å². The van der Waals surface area contributed by atoms with E-state index in [4.69, 9.17) is 5.41 Å². The predicted octanol–water partition coefficient (Wildman–Crippen LogP) is 2.63. The molecule has 0 saturated heterocycles. The van der Waals surface area contributed by atoms with Crippen LogP contribution in [0.4, 0.5) is 11.4 Å². The van der Waals surface area contributed by atoms with E-state index >= 15 is 0 Å². The highest BCUT2D eigenvalue weighted by Gasteiger charge is 2.29. The number of carbonyl (C=O) groups excluding carboxylic acids is 2. The molecule has 0 fully saturated rings. The van der Waals surface area contributed by atoms with Gasteiger partial charge in [-0.2, -0.15) is 0 Å². The molecule has 1 heterocycles. The molecule has 3 N–H and O–H groups in total. The number of amides is 2. The lowest BCUT2D eigenvalue weighted by Crippen LogP contribution is -2.38. The first-order valence-corrected chi connectivity index (χ1v) is 11.6. The quantitative estimate of drug-likeness (QED) is 0.334. The van der Waals surface area contributed by atoms with Crippen molar-refractivity contribution in [1.29, 1.82) is 5.41 Å². The Balaban J connectivity index is 1.74. The number of anilines is 2. The molecule has 0 bridgehead atoms. The molecule has 34 heavy (non-hydrogen) atoms. The molecular formula is C23H24N6O4S. The second-order valence-corrected chi connectivity index (χ2v) is 9.73. The maximum Gasteiger partial charge on any atom is 0.242 e. The van der Waals surface area contributed by atoms with Gasteiger partial charge >= 0.3 is 0 Å². The molecular weight excluding hydrogens is 456 g/mol. The van der Waals surface area contributed by atoms with Gasteiger partial charge < -0.3 is 16.0 Å². The first-order chi connectivity index (χ1) is 16.1. The van der Waals surface area contributed by atoms with Gasteiger partial charge in [0.15, 0.2) is 5.92 Å². The van der Waals surface area contributed by atoms with Gasteiger partial charge in [-0.25, -0.2) is 12.7 Å². The molecule has 2 aromatic carbocycles. The summed E-state index contributed by atoms with van der Waals surface area (Å²) in [7, 11) is -0.768. The summed E-state index contributed by atoms with van der Waals surface area (Å²) in [6.07, 6.45) is 4.70. The van der Waals surface area contributed by atoms with Crippen LogP contribution in [0.5, 0.6) is 0 Å². The number of sulfonamides is 1. The SMILES string of the molecule is CC(=N)C(C(=O)Nc1ccc(S(=O)(=O)N(C)C)cc1)C(=O)Nc1cccc(-c2cnccn2)c1. The molecule has 1 atom stereocenters. The van der Waals surface area contributed by atoms with Gasteiger partial charge in [0.1, 0.15) is 0 Å². The Hall–Kier alpha value is -3.96. The molecule has 1 unspecified atom stereocenters. The second kappa shape index (κ2) is 10.3. The van der Waals surface area contributed by atoms with E-state index in [0.717, 1.165) is 9.87 Å². The number of nitrogens with one attached hydrogen (secondary N) is 3. The van der Waals surface area contributed by atoms with Crippen LogP contribution in [0.1, 0.15) is 6.92 Å². The molecule has 1 aromatic heterocycles. The molecule has 3 aromatic rings. The Morgan fingerprint density at radius 1 is 0.971 bits per heavy atom. The van der Waals surface area contributed by atoms with Crippen molar-refractivity contribution in [3.63, 3.8) is 0 Å². The van der Waals surface area contributed by atoms with Crippen LogP contribution >= 0.6 is 0 Å². The third-order valence-electron chi connectivity index (χ3n) is 4.85. The molecule has 2 amide bonds. The van der Waals surface area contributed by atoms with Crippen LogP contribution in [-0.2, 0) is 19.6 Å². The molecule has 0 aliphatic heterocycles. The highest BCUT2D eigenvalue weighted by atomic mass is 32.2. The Morgan fingerprint density at radius 2 is 1.62 bits per heavy atom. The van der Waals surface area contributed by atoms with E-state index in [2.05, 4.69) is 20.6 Å². The summed E-state index contributed by atoms with van der Waals surface area (Å²) in [5, 5.41) is 13.2.